The molecule has 3 aromatic rings. The highest BCUT2D eigenvalue weighted by atomic mass is 16.2. The predicted molar refractivity (Wildman–Crippen MR) is 127 cm³/mol. The van der Waals surface area contributed by atoms with E-state index >= 15 is 0 Å². The molecule has 1 fully saturated rings. The lowest BCUT2D eigenvalue weighted by Gasteiger charge is -2.31. The summed E-state index contributed by atoms with van der Waals surface area (Å²) in [6.45, 7) is 3.27. The molecule has 0 spiro atoms. The Bertz CT molecular complexity index is 1160. The van der Waals surface area contributed by atoms with Gasteiger partial charge >= 0.3 is 0 Å². The number of benzene rings is 2. The smallest absolute Gasteiger partial charge is 0.254 e. The van der Waals surface area contributed by atoms with E-state index in [1.54, 1.807) is 0 Å². The Kier molecular flexibility index (Phi) is 5.90. The second-order valence-corrected chi connectivity index (χ2v) is 8.77. The molecule has 33 heavy (non-hydrogen) atoms. The lowest BCUT2D eigenvalue weighted by molar-refractivity contribution is -0.118. The first-order chi connectivity index (χ1) is 16.1. The van der Waals surface area contributed by atoms with Crippen molar-refractivity contribution in [1.82, 2.24) is 14.9 Å². The summed E-state index contributed by atoms with van der Waals surface area (Å²) in [5.41, 5.74) is 3.83. The molecule has 2 aliphatic rings. The molecule has 0 saturated carbocycles. The number of anilines is 1. The molecular formula is C27H28N4O2. The Balaban J connectivity index is 1.45. The van der Waals surface area contributed by atoms with E-state index in [-0.39, 0.29) is 17.9 Å². The van der Waals surface area contributed by atoms with E-state index in [0.29, 0.717) is 37.3 Å². The molecular weight excluding hydrogens is 412 g/mol. The molecule has 1 saturated heterocycles. The van der Waals surface area contributed by atoms with Gasteiger partial charge < -0.3 is 4.90 Å². The highest BCUT2D eigenvalue weighted by molar-refractivity contribution is 5.96. The summed E-state index contributed by atoms with van der Waals surface area (Å²) in [6, 6.07) is 19.4. The first-order valence-corrected chi connectivity index (χ1v) is 11.7. The quantitative estimate of drug-likeness (QED) is 0.594. The van der Waals surface area contributed by atoms with Crippen molar-refractivity contribution >= 4 is 17.6 Å². The highest BCUT2D eigenvalue weighted by Gasteiger charge is 2.35. The van der Waals surface area contributed by atoms with Crippen LogP contribution in [0.5, 0.6) is 0 Å². The van der Waals surface area contributed by atoms with Crippen LogP contribution in [0.15, 0.2) is 60.7 Å². The average Bonchev–Trinajstić information content (AvgIpc) is 3.34. The van der Waals surface area contributed by atoms with Gasteiger partial charge in [0.15, 0.2) is 5.82 Å². The van der Waals surface area contributed by atoms with Crippen molar-refractivity contribution in [2.24, 2.45) is 0 Å². The summed E-state index contributed by atoms with van der Waals surface area (Å²) in [4.78, 5) is 39.5. The molecule has 0 radical (unpaired) electrons. The number of likely N-dealkylation sites (tertiary alicyclic amines) is 1. The third kappa shape index (κ3) is 4.25. The molecule has 1 atom stereocenters. The molecule has 168 valence electrons. The molecule has 0 bridgehead atoms. The number of aryl methyl sites for hydroxylation is 1. The number of fused-ring (bicyclic) bond motifs is 1. The zero-order chi connectivity index (χ0) is 22.8. The summed E-state index contributed by atoms with van der Waals surface area (Å²) < 4.78 is 0. The van der Waals surface area contributed by atoms with Gasteiger partial charge in [0.1, 0.15) is 5.82 Å². The van der Waals surface area contributed by atoms with Crippen molar-refractivity contribution in [2.75, 3.05) is 18.0 Å². The molecule has 6 heteroatoms. The molecule has 6 nitrogen and oxygen atoms in total. The van der Waals surface area contributed by atoms with Gasteiger partial charge in [0.05, 0.1) is 6.04 Å². The van der Waals surface area contributed by atoms with E-state index in [1.807, 2.05) is 65.3 Å². The van der Waals surface area contributed by atoms with Crippen LogP contribution in [0.1, 0.15) is 58.3 Å². The number of aromatic nitrogens is 2. The maximum atomic E-state index is 13.2. The predicted octanol–water partition coefficient (Wildman–Crippen LogP) is 4.28. The normalized spacial score (nSPS) is 17.8. The highest BCUT2D eigenvalue weighted by Crippen LogP contribution is 2.35. The Morgan fingerprint density at radius 3 is 2.48 bits per heavy atom. The molecule has 2 amide bonds. The van der Waals surface area contributed by atoms with Crippen molar-refractivity contribution < 1.29 is 9.59 Å². The van der Waals surface area contributed by atoms with E-state index < -0.39 is 0 Å². The maximum Gasteiger partial charge on any atom is 0.254 e. The minimum atomic E-state index is -0.172. The maximum absolute atomic E-state index is 13.2. The van der Waals surface area contributed by atoms with E-state index in [9.17, 15) is 9.59 Å². The van der Waals surface area contributed by atoms with Gasteiger partial charge in [-0.15, -0.1) is 0 Å². The number of nitrogens with zero attached hydrogens (tertiary/aromatic N) is 4. The fraction of sp³-hybridized carbons (Fsp3) is 0.333. The molecule has 2 aliphatic heterocycles. The standard InChI is InChI=1S/C27H28N4O2/c1-19-22-14-15-24(32)31(18-16-20-9-4-2-5-10-20)26(22)29-25(28-19)23-13-8-17-30(23)27(33)21-11-6-3-7-12-21/h2-7,9-12,23H,8,13-18H2,1H3. The zero-order valence-electron chi connectivity index (χ0n) is 18.9. The van der Waals surface area contributed by atoms with Gasteiger partial charge in [0, 0.05) is 36.3 Å². The summed E-state index contributed by atoms with van der Waals surface area (Å²) >= 11 is 0. The van der Waals surface area contributed by atoms with Crippen LogP contribution in [0.4, 0.5) is 5.82 Å². The Morgan fingerprint density at radius 1 is 1.00 bits per heavy atom. The molecule has 2 aromatic carbocycles. The van der Waals surface area contributed by atoms with Crippen molar-refractivity contribution in [1.29, 1.82) is 0 Å². The van der Waals surface area contributed by atoms with Crippen molar-refractivity contribution in [3.05, 3.63) is 88.9 Å². The van der Waals surface area contributed by atoms with Gasteiger partial charge in [-0.2, -0.15) is 0 Å². The molecule has 1 unspecified atom stereocenters. The number of rotatable bonds is 5. The van der Waals surface area contributed by atoms with Gasteiger partial charge in [-0.05, 0) is 50.3 Å². The zero-order valence-corrected chi connectivity index (χ0v) is 18.9. The van der Waals surface area contributed by atoms with Crippen molar-refractivity contribution in [3.63, 3.8) is 0 Å². The van der Waals surface area contributed by atoms with E-state index in [0.717, 1.165) is 36.3 Å². The monoisotopic (exact) mass is 440 g/mol. The van der Waals surface area contributed by atoms with Gasteiger partial charge in [-0.25, -0.2) is 9.97 Å². The fourth-order valence-electron chi connectivity index (χ4n) is 4.89. The van der Waals surface area contributed by atoms with Gasteiger partial charge in [-0.3, -0.25) is 14.5 Å². The lowest BCUT2D eigenvalue weighted by Crippen LogP contribution is -2.39. The summed E-state index contributed by atoms with van der Waals surface area (Å²) in [7, 11) is 0. The lowest BCUT2D eigenvalue weighted by atomic mass is 10.0. The molecule has 5 rings (SSSR count). The number of carbonyl (C=O) groups is 2. The van der Waals surface area contributed by atoms with E-state index in [2.05, 4.69) is 12.1 Å². The fourth-order valence-corrected chi connectivity index (χ4v) is 4.89. The third-order valence-electron chi connectivity index (χ3n) is 6.65. The van der Waals surface area contributed by atoms with Crippen LogP contribution in [0.25, 0.3) is 0 Å². The SMILES string of the molecule is Cc1nc(C2CCCN2C(=O)c2ccccc2)nc2c1CCC(=O)N2CCc1ccccc1. The number of carbonyl (C=O) groups excluding carboxylic acids is 2. The van der Waals surface area contributed by atoms with Gasteiger partial charge in [0.25, 0.3) is 5.91 Å². The third-order valence-corrected chi connectivity index (χ3v) is 6.65. The largest absolute Gasteiger partial charge is 0.328 e. The Labute approximate surface area is 194 Å². The van der Waals surface area contributed by atoms with Crippen LogP contribution in [0.2, 0.25) is 0 Å². The van der Waals surface area contributed by atoms with E-state index in [4.69, 9.17) is 9.97 Å². The molecule has 1 aromatic heterocycles. The van der Waals surface area contributed by atoms with Gasteiger partial charge in [0.2, 0.25) is 5.91 Å². The van der Waals surface area contributed by atoms with Crippen LogP contribution in [-0.2, 0) is 17.6 Å². The summed E-state index contributed by atoms with van der Waals surface area (Å²) in [5, 5.41) is 0. The number of amides is 2. The van der Waals surface area contributed by atoms with Crippen LogP contribution < -0.4 is 4.90 Å². The second-order valence-electron chi connectivity index (χ2n) is 8.77. The van der Waals surface area contributed by atoms with Crippen molar-refractivity contribution in [2.45, 2.75) is 45.1 Å². The first kappa shape index (κ1) is 21.3. The average molecular weight is 441 g/mol. The Morgan fingerprint density at radius 2 is 1.73 bits per heavy atom. The minimum absolute atomic E-state index is 0.00841. The molecule has 0 aliphatic carbocycles. The van der Waals surface area contributed by atoms with Crippen LogP contribution in [-0.4, -0.2) is 39.8 Å². The second kappa shape index (κ2) is 9.14. The van der Waals surface area contributed by atoms with Crippen LogP contribution >= 0.6 is 0 Å². The van der Waals surface area contributed by atoms with Crippen LogP contribution in [0, 0.1) is 6.92 Å². The Hall–Kier alpha value is -3.54. The molecule has 3 heterocycles. The van der Waals surface area contributed by atoms with Gasteiger partial charge in [-0.1, -0.05) is 48.5 Å². The van der Waals surface area contributed by atoms with Crippen LogP contribution in [0.3, 0.4) is 0 Å². The van der Waals surface area contributed by atoms with Crippen molar-refractivity contribution in [3.8, 4) is 0 Å². The summed E-state index contributed by atoms with van der Waals surface area (Å²) in [6.07, 6.45) is 3.66. The summed E-state index contributed by atoms with van der Waals surface area (Å²) in [5.74, 6) is 1.48. The van der Waals surface area contributed by atoms with E-state index in [1.165, 1.54) is 5.56 Å². The topological polar surface area (TPSA) is 66.4 Å². The number of hydrogen-bond acceptors (Lipinski definition) is 4. The first-order valence-electron chi connectivity index (χ1n) is 11.7. The molecule has 0 N–H and O–H groups in total. The minimum Gasteiger partial charge on any atom is -0.328 e. The number of hydrogen-bond donors (Lipinski definition) is 0.